The minimum Gasteiger partial charge on any atom is -0.361 e. The van der Waals surface area contributed by atoms with E-state index in [1.807, 2.05) is 24.4 Å². The molecule has 1 saturated carbocycles. The molecule has 112 valence electrons. The number of hydrogen-bond acceptors (Lipinski definition) is 2. The maximum atomic E-state index is 12.3. The van der Waals surface area contributed by atoms with Crippen molar-refractivity contribution in [1.29, 1.82) is 0 Å². The molecule has 1 aromatic heterocycles. The van der Waals surface area contributed by atoms with E-state index in [0.29, 0.717) is 6.42 Å². The molecular formula is C17H23N3O. The van der Waals surface area contributed by atoms with E-state index in [1.165, 1.54) is 6.42 Å². The monoisotopic (exact) mass is 285 g/mol. The Morgan fingerprint density at radius 2 is 2.19 bits per heavy atom. The second-order valence-electron chi connectivity index (χ2n) is 6.15. The van der Waals surface area contributed by atoms with Crippen molar-refractivity contribution in [2.45, 2.75) is 50.6 Å². The summed E-state index contributed by atoms with van der Waals surface area (Å²) in [6, 6.07) is 7.60. The zero-order valence-electron chi connectivity index (χ0n) is 12.5. The minimum absolute atomic E-state index is 0.00885. The van der Waals surface area contributed by atoms with Gasteiger partial charge in [-0.3, -0.25) is 4.79 Å². The predicted octanol–water partition coefficient (Wildman–Crippen LogP) is 2.49. The van der Waals surface area contributed by atoms with Gasteiger partial charge in [0.1, 0.15) is 0 Å². The molecule has 4 nitrogen and oxygen atoms in total. The van der Waals surface area contributed by atoms with Crippen LogP contribution in [0, 0.1) is 0 Å². The Bertz CT molecular complexity index is 637. The number of nitrogens with one attached hydrogen (secondary N) is 2. The first-order valence-corrected chi connectivity index (χ1v) is 7.76. The first-order chi connectivity index (χ1) is 10.1. The largest absolute Gasteiger partial charge is 0.361 e. The molecule has 0 saturated heterocycles. The predicted molar refractivity (Wildman–Crippen MR) is 85.0 cm³/mol. The van der Waals surface area contributed by atoms with E-state index in [1.54, 1.807) is 0 Å². The number of carbonyl (C=O) groups excluding carboxylic acids is 1. The molecule has 0 unspecified atom stereocenters. The molecule has 1 aromatic carbocycles. The van der Waals surface area contributed by atoms with Crippen molar-refractivity contribution in [2.75, 3.05) is 0 Å². The van der Waals surface area contributed by atoms with Crippen LogP contribution in [0.25, 0.3) is 10.9 Å². The van der Waals surface area contributed by atoms with Gasteiger partial charge in [-0.15, -0.1) is 0 Å². The summed E-state index contributed by atoms with van der Waals surface area (Å²) in [5.41, 5.74) is 8.31. The van der Waals surface area contributed by atoms with Crippen molar-refractivity contribution >= 4 is 16.8 Å². The third-order valence-corrected chi connectivity index (χ3v) is 4.83. The topological polar surface area (TPSA) is 70.9 Å². The zero-order chi connectivity index (χ0) is 14.9. The highest BCUT2D eigenvalue weighted by atomic mass is 16.2. The van der Waals surface area contributed by atoms with E-state index in [4.69, 9.17) is 5.73 Å². The maximum absolute atomic E-state index is 12.3. The summed E-state index contributed by atoms with van der Waals surface area (Å²) in [5.74, 6) is -0.0261. The van der Waals surface area contributed by atoms with Gasteiger partial charge in [0.2, 0.25) is 5.91 Å². The van der Waals surface area contributed by atoms with E-state index < -0.39 is 6.04 Å². The molecule has 1 aliphatic rings. The number of hydrogen-bond donors (Lipinski definition) is 3. The molecule has 0 spiro atoms. The lowest BCUT2D eigenvalue weighted by molar-refractivity contribution is -0.125. The van der Waals surface area contributed by atoms with E-state index in [9.17, 15) is 4.79 Å². The van der Waals surface area contributed by atoms with Crippen LogP contribution in [-0.2, 0) is 11.2 Å². The number of fused-ring (bicyclic) bond motifs is 1. The van der Waals surface area contributed by atoms with Crippen LogP contribution < -0.4 is 11.1 Å². The lowest BCUT2D eigenvalue weighted by Gasteiger charge is -2.42. The lowest BCUT2D eigenvalue weighted by Crippen LogP contribution is -2.57. The van der Waals surface area contributed by atoms with Gasteiger partial charge in [0.15, 0.2) is 0 Å². The normalized spacial score (nSPS) is 18.2. The van der Waals surface area contributed by atoms with Crippen molar-refractivity contribution in [3.05, 3.63) is 36.0 Å². The van der Waals surface area contributed by atoms with Crippen molar-refractivity contribution < 1.29 is 4.79 Å². The second kappa shape index (κ2) is 5.53. The number of amides is 1. The Balaban J connectivity index is 1.68. The Hall–Kier alpha value is -1.81. The summed E-state index contributed by atoms with van der Waals surface area (Å²) >= 11 is 0. The summed E-state index contributed by atoms with van der Waals surface area (Å²) in [7, 11) is 0. The summed E-state index contributed by atoms with van der Waals surface area (Å²) in [5, 5.41) is 4.31. The van der Waals surface area contributed by atoms with Crippen LogP contribution in [0.15, 0.2) is 30.5 Å². The number of benzene rings is 1. The fraction of sp³-hybridized carbons (Fsp3) is 0.471. The Kier molecular flexibility index (Phi) is 3.72. The summed E-state index contributed by atoms with van der Waals surface area (Å²) in [6.45, 7) is 2.13. The molecule has 4 N–H and O–H groups in total. The molecule has 21 heavy (non-hydrogen) atoms. The standard InChI is InChI=1S/C17H23N3O/c1-2-17(8-5-9-17)20-16(21)14(18)10-12-11-19-15-7-4-3-6-13(12)15/h3-4,6-7,11,14,19H,2,5,8-10,18H2,1H3,(H,20,21)/t14-/m1/s1. The van der Waals surface area contributed by atoms with Gasteiger partial charge in [0.05, 0.1) is 6.04 Å². The highest BCUT2D eigenvalue weighted by Gasteiger charge is 2.37. The molecular weight excluding hydrogens is 262 g/mol. The number of carbonyl (C=O) groups is 1. The van der Waals surface area contributed by atoms with Crippen LogP contribution >= 0.6 is 0 Å². The van der Waals surface area contributed by atoms with Crippen molar-refractivity contribution in [3.63, 3.8) is 0 Å². The minimum atomic E-state index is -0.492. The molecule has 1 atom stereocenters. The van der Waals surface area contributed by atoms with Crippen molar-refractivity contribution in [1.82, 2.24) is 10.3 Å². The van der Waals surface area contributed by atoms with E-state index in [2.05, 4.69) is 23.3 Å². The third kappa shape index (κ3) is 2.68. The maximum Gasteiger partial charge on any atom is 0.237 e. The first kappa shape index (κ1) is 14.1. The van der Waals surface area contributed by atoms with Gasteiger partial charge in [0, 0.05) is 22.6 Å². The molecule has 0 aliphatic heterocycles. The van der Waals surface area contributed by atoms with Gasteiger partial charge >= 0.3 is 0 Å². The average molecular weight is 285 g/mol. The molecule has 1 heterocycles. The van der Waals surface area contributed by atoms with Crippen LogP contribution in [0.3, 0.4) is 0 Å². The van der Waals surface area contributed by atoms with Gasteiger partial charge in [-0.2, -0.15) is 0 Å². The molecule has 0 bridgehead atoms. The van der Waals surface area contributed by atoms with Gasteiger partial charge < -0.3 is 16.0 Å². The van der Waals surface area contributed by atoms with Gasteiger partial charge in [-0.1, -0.05) is 25.1 Å². The number of para-hydroxylation sites is 1. The number of rotatable bonds is 5. The fourth-order valence-corrected chi connectivity index (χ4v) is 3.15. The molecule has 1 aliphatic carbocycles. The van der Waals surface area contributed by atoms with Gasteiger partial charge in [0.25, 0.3) is 0 Å². The third-order valence-electron chi connectivity index (χ3n) is 4.83. The van der Waals surface area contributed by atoms with Gasteiger partial charge in [-0.25, -0.2) is 0 Å². The number of H-pyrrole nitrogens is 1. The van der Waals surface area contributed by atoms with Crippen LogP contribution in [0.4, 0.5) is 0 Å². The van der Waals surface area contributed by atoms with Crippen LogP contribution in [0.2, 0.25) is 0 Å². The summed E-state index contributed by atoms with van der Waals surface area (Å²) < 4.78 is 0. The smallest absolute Gasteiger partial charge is 0.237 e. The molecule has 4 heteroatoms. The molecule has 2 aromatic rings. The Morgan fingerprint density at radius 3 is 2.86 bits per heavy atom. The van der Waals surface area contributed by atoms with Crippen LogP contribution in [0.1, 0.15) is 38.2 Å². The highest BCUT2D eigenvalue weighted by Crippen LogP contribution is 2.34. The van der Waals surface area contributed by atoms with E-state index in [0.717, 1.165) is 35.7 Å². The summed E-state index contributed by atoms with van der Waals surface area (Å²) in [4.78, 5) is 15.6. The Labute approximate surface area is 125 Å². The van der Waals surface area contributed by atoms with E-state index in [-0.39, 0.29) is 11.4 Å². The SMILES string of the molecule is CCC1(NC(=O)[C@H](N)Cc2c[nH]c3ccccc23)CCC1. The lowest BCUT2D eigenvalue weighted by atomic mass is 9.74. The first-order valence-electron chi connectivity index (χ1n) is 7.76. The molecule has 0 radical (unpaired) electrons. The average Bonchev–Trinajstić information content (AvgIpc) is 2.86. The number of aromatic amines is 1. The van der Waals surface area contributed by atoms with Crippen LogP contribution in [0.5, 0.6) is 0 Å². The quantitative estimate of drug-likeness (QED) is 0.790. The van der Waals surface area contributed by atoms with Crippen LogP contribution in [-0.4, -0.2) is 22.5 Å². The molecule has 3 rings (SSSR count). The molecule has 1 fully saturated rings. The molecule has 1 amide bonds. The van der Waals surface area contributed by atoms with Gasteiger partial charge in [-0.05, 0) is 43.7 Å². The van der Waals surface area contributed by atoms with Crippen molar-refractivity contribution in [3.8, 4) is 0 Å². The fourth-order valence-electron chi connectivity index (χ4n) is 3.15. The second-order valence-corrected chi connectivity index (χ2v) is 6.15. The van der Waals surface area contributed by atoms with Crippen molar-refractivity contribution in [2.24, 2.45) is 5.73 Å². The number of aromatic nitrogens is 1. The highest BCUT2D eigenvalue weighted by molar-refractivity contribution is 5.86. The van der Waals surface area contributed by atoms with E-state index >= 15 is 0 Å². The number of nitrogens with two attached hydrogens (primary N) is 1. The summed E-state index contributed by atoms with van der Waals surface area (Å²) in [6.07, 6.45) is 6.86. The zero-order valence-corrected chi connectivity index (χ0v) is 12.5. The Morgan fingerprint density at radius 1 is 1.43 bits per heavy atom.